The van der Waals surface area contributed by atoms with Gasteiger partial charge in [-0.05, 0) is 30.7 Å². The number of H-pyrrole nitrogens is 1. The quantitative estimate of drug-likeness (QED) is 0.246. The number of nitrogens with one attached hydrogen (secondary N) is 3. The summed E-state index contributed by atoms with van der Waals surface area (Å²) in [6, 6.07) is 3.29. The topological polar surface area (TPSA) is 193 Å². The van der Waals surface area contributed by atoms with Crippen LogP contribution in [0.15, 0.2) is 35.3 Å². The predicted molar refractivity (Wildman–Crippen MR) is 157 cm³/mol. The minimum atomic E-state index is -5.30. The number of aromatic nitrogens is 4. The zero-order chi connectivity index (χ0) is 34.3. The number of carbonyl (C=O) groups excluding carboxylic acids is 5. The first kappa shape index (κ1) is 35.3. The summed E-state index contributed by atoms with van der Waals surface area (Å²) in [7, 11) is 1.12. The summed E-state index contributed by atoms with van der Waals surface area (Å²) in [4.78, 5) is 88.6. The number of Topliss-reactive ketones (excluding diaryl/α,β-unsaturated/α-hetero) is 1. The summed E-state index contributed by atoms with van der Waals surface area (Å²) in [5.74, 6) is -5.27. The van der Waals surface area contributed by atoms with Gasteiger partial charge >= 0.3 is 18.1 Å². The molecule has 46 heavy (non-hydrogen) atoms. The molecule has 0 bridgehead atoms. The molecule has 0 aliphatic carbocycles. The van der Waals surface area contributed by atoms with Crippen molar-refractivity contribution in [2.45, 2.75) is 59.3 Å². The number of hydrogen-bond donors (Lipinski definition) is 3. The van der Waals surface area contributed by atoms with Crippen molar-refractivity contribution in [3.63, 3.8) is 0 Å². The van der Waals surface area contributed by atoms with Crippen LogP contribution in [0.5, 0.6) is 0 Å². The monoisotopic (exact) mass is 647 g/mol. The molecule has 1 atom stereocenters. The molecule has 2 aromatic heterocycles. The molecule has 0 spiro atoms. The molecular weight excluding hydrogens is 615 g/mol. The highest BCUT2D eigenvalue weighted by molar-refractivity contribution is 5.99. The van der Waals surface area contributed by atoms with Crippen LogP contribution in [0.4, 0.5) is 24.8 Å². The van der Waals surface area contributed by atoms with E-state index in [0.717, 1.165) is 37.6 Å². The number of ketones is 1. The minimum absolute atomic E-state index is 0.000616. The average molecular weight is 648 g/mol. The first-order valence-electron chi connectivity index (χ1n) is 14.0. The van der Waals surface area contributed by atoms with Crippen LogP contribution in [0.25, 0.3) is 11.2 Å². The zero-order valence-corrected chi connectivity index (χ0v) is 25.5. The molecule has 246 valence electrons. The molecule has 3 rings (SSSR count). The molecule has 1 aromatic carbocycles. The number of rotatable bonds is 12. The lowest BCUT2D eigenvalue weighted by atomic mass is 10.0. The number of hydrogen-bond acceptors (Lipinski definition) is 10. The van der Waals surface area contributed by atoms with Crippen LogP contribution in [0.3, 0.4) is 0 Å². The van der Waals surface area contributed by atoms with Crippen molar-refractivity contribution < 1.29 is 41.9 Å². The van der Waals surface area contributed by atoms with E-state index in [2.05, 4.69) is 30.6 Å². The normalized spacial score (nSPS) is 12.1. The van der Waals surface area contributed by atoms with Gasteiger partial charge in [-0.15, -0.1) is 0 Å². The molecule has 3 N–H and O–H groups in total. The Kier molecular flexibility index (Phi) is 11.3. The SMILES string of the molecule is COC(=O)[C@H](CCC(=O)C(C)C)NC(=O)c1ccc(N(Cc2cnc3nc(NC(=O)C(C)C)[nH]c(=O)c3n2)C(=O)C(F)(F)F)cc1. The molecule has 2 heterocycles. The first-order chi connectivity index (χ1) is 21.5. The van der Waals surface area contributed by atoms with Crippen LogP contribution in [0.2, 0.25) is 0 Å². The Balaban J connectivity index is 1.86. The number of alkyl halides is 3. The van der Waals surface area contributed by atoms with Gasteiger partial charge < -0.3 is 10.1 Å². The van der Waals surface area contributed by atoms with E-state index in [1.165, 1.54) is 0 Å². The second-order valence-corrected chi connectivity index (χ2v) is 10.7. The number of carbonyl (C=O) groups is 5. The molecule has 3 aromatic rings. The lowest BCUT2D eigenvalue weighted by molar-refractivity contribution is -0.170. The van der Waals surface area contributed by atoms with Crippen molar-refractivity contribution in [1.82, 2.24) is 25.3 Å². The van der Waals surface area contributed by atoms with Gasteiger partial charge in [-0.25, -0.2) is 14.8 Å². The number of ether oxygens (including phenoxy) is 1. The number of methoxy groups -OCH3 is 1. The average Bonchev–Trinajstić information content (AvgIpc) is 3.00. The van der Waals surface area contributed by atoms with E-state index < -0.39 is 53.9 Å². The van der Waals surface area contributed by atoms with Crippen LogP contribution in [0, 0.1) is 11.8 Å². The number of amides is 3. The number of esters is 1. The Morgan fingerprint density at radius 1 is 1.00 bits per heavy atom. The Morgan fingerprint density at radius 3 is 2.22 bits per heavy atom. The summed E-state index contributed by atoms with van der Waals surface area (Å²) in [6.07, 6.45) is -4.30. The Bertz CT molecular complexity index is 1690. The van der Waals surface area contributed by atoms with Crippen molar-refractivity contribution in [3.8, 4) is 0 Å². The molecule has 0 radical (unpaired) electrons. The first-order valence-corrected chi connectivity index (χ1v) is 14.0. The maximum absolute atomic E-state index is 13.6. The molecule has 0 aliphatic heterocycles. The second kappa shape index (κ2) is 14.7. The highest BCUT2D eigenvalue weighted by Crippen LogP contribution is 2.26. The number of nitrogens with zero attached hydrogens (tertiary/aromatic N) is 4. The van der Waals surface area contributed by atoms with Crippen LogP contribution in [-0.2, 0) is 30.5 Å². The lowest BCUT2D eigenvalue weighted by Crippen LogP contribution is -2.42. The Hall–Kier alpha value is -5.22. The molecule has 17 heteroatoms. The summed E-state index contributed by atoms with van der Waals surface area (Å²) in [6.45, 7) is 5.86. The summed E-state index contributed by atoms with van der Waals surface area (Å²) >= 11 is 0. The smallest absolute Gasteiger partial charge is 0.467 e. The number of fused-ring (bicyclic) bond motifs is 1. The largest absolute Gasteiger partial charge is 0.471 e. The number of benzene rings is 1. The maximum Gasteiger partial charge on any atom is 0.471 e. The maximum atomic E-state index is 13.6. The number of aromatic amines is 1. The van der Waals surface area contributed by atoms with Crippen molar-refractivity contribution in [2.24, 2.45) is 11.8 Å². The van der Waals surface area contributed by atoms with E-state index in [9.17, 15) is 41.9 Å². The van der Waals surface area contributed by atoms with Crippen LogP contribution in [0.1, 0.15) is 56.6 Å². The van der Waals surface area contributed by atoms with Gasteiger partial charge in [-0.3, -0.25) is 39.2 Å². The molecule has 0 unspecified atom stereocenters. The molecule has 14 nitrogen and oxygen atoms in total. The third-order valence-corrected chi connectivity index (χ3v) is 6.60. The summed E-state index contributed by atoms with van der Waals surface area (Å²) in [5, 5.41) is 4.85. The molecular formula is C29H32F3N7O7. The van der Waals surface area contributed by atoms with Crippen LogP contribution in [-0.4, -0.2) is 68.7 Å². The number of halogens is 3. The Morgan fingerprint density at radius 2 is 1.65 bits per heavy atom. The van der Waals surface area contributed by atoms with Gasteiger partial charge in [0, 0.05) is 29.5 Å². The van der Waals surface area contributed by atoms with E-state index in [0.29, 0.717) is 4.90 Å². The van der Waals surface area contributed by atoms with E-state index in [1.54, 1.807) is 27.7 Å². The fourth-order valence-corrected chi connectivity index (χ4v) is 3.95. The zero-order valence-electron chi connectivity index (χ0n) is 25.5. The van der Waals surface area contributed by atoms with Gasteiger partial charge in [-0.2, -0.15) is 18.2 Å². The van der Waals surface area contributed by atoms with E-state index in [-0.39, 0.29) is 58.6 Å². The van der Waals surface area contributed by atoms with E-state index >= 15 is 0 Å². The predicted octanol–water partition coefficient (Wildman–Crippen LogP) is 2.68. The molecule has 3 amide bonds. The van der Waals surface area contributed by atoms with Gasteiger partial charge in [0.1, 0.15) is 11.8 Å². The lowest BCUT2D eigenvalue weighted by Gasteiger charge is -2.24. The third-order valence-electron chi connectivity index (χ3n) is 6.60. The van der Waals surface area contributed by atoms with Crippen LogP contribution < -0.4 is 21.1 Å². The fourth-order valence-electron chi connectivity index (χ4n) is 3.95. The van der Waals surface area contributed by atoms with Gasteiger partial charge in [0.15, 0.2) is 11.2 Å². The standard InChI is InChI=1S/C29H32F3N7O7/c1-14(2)20(40)11-10-19(26(44)46-5)35-24(42)16-6-8-18(9-7-16)39(27(45)29(30,31)32)13-17-12-33-22-21(34-17)25(43)38-28(36-22)37-23(41)15(3)4/h6-9,12,14-15,19H,10-11,13H2,1-5H3,(H,35,42)(H2,33,36,37,38,41,43)/t19-/m0/s1. The summed E-state index contributed by atoms with van der Waals surface area (Å²) in [5.41, 5.74) is -1.91. The van der Waals surface area contributed by atoms with Crippen molar-refractivity contribution >= 4 is 52.3 Å². The van der Waals surface area contributed by atoms with Gasteiger partial charge in [0.05, 0.1) is 25.5 Å². The molecule has 0 saturated heterocycles. The molecule has 0 saturated carbocycles. The van der Waals surface area contributed by atoms with Crippen molar-refractivity contribution in [2.75, 3.05) is 17.3 Å². The molecule has 0 aliphatic rings. The van der Waals surface area contributed by atoms with Gasteiger partial charge in [0.2, 0.25) is 11.9 Å². The highest BCUT2D eigenvalue weighted by atomic mass is 19.4. The second-order valence-electron chi connectivity index (χ2n) is 10.7. The van der Waals surface area contributed by atoms with Gasteiger partial charge in [-0.1, -0.05) is 27.7 Å². The van der Waals surface area contributed by atoms with Crippen molar-refractivity contribution in [1.29, 1.82) is 0 Å². The third kappa shape index (κ3) is 8.92. The number of anilines is 2. The van der Waals surface area contributed by atoms with Gasteiger partial charge in [0.25, 0.3) is 11.5 Å². The minimum Gasteiger partial charge on any atom is -0.467 e. The van der Waals surface area contributed by atoms with Crippen molar-refractivity contribution in [3.05, 3.63) is 52.1 Å². The fraction of sp³-hybridized carbons (Fsp3) is 0.414. The molecule has 0 fully saturated rings. The van der Waals surface area contributed by atoms with Crippen LogP contribution >= 0.6 is 0 Å². The van der Waals surface area contributed by atoms with E-state index in [1.807, 2.05) is 0 Å². The van der Waals surface area contributed by atoms with E-state index in [4.69, 9.17) is 4.74 Å². The highest BCUT2D eigenvalue weighted by Gasteiger charge is 2.43. The Labute approximate surface area is 260 Å². The summed E-state index contributed by atoms with van der Waals surface area (Å²) < 4.78 is 45.5.